The van der Waals surface area contributed by atoms with Crippen LogP contribution in [0.15, 0.2) is 18.2 Å². The van der Waals surface area contributed by atoms with Gasteiger partial charge in [0, 0.05) is 12.6 Å². The molecule has 0 aromatic heterocycles. The Morgan fingerprint density at radius 3 is 2.95 bits per heavy atom. The molecular formula is C16H24N2O2. The summed E-state index contributed by atoms with van der Waals surface area (Å²) in [6.45, 7) is 2.67. The second-order valence-electron chi connectivity index (χ2n) is 5.71. The zero-order valence-electron chi connectivity index (χ0n) is 12.3. The van der Waals surface area contributed by atoms with Gasteiger partial charge in [0.25, 0.3) is 5.91 Å². The first-order chi connectivity index (χ1) is 9.60. The van der Waals surface area contributed by atoms with E-state index in [1.807, 2.05) is 25.1 Å². The fraction of sp³-hybridized carbons (Fsp3) is 0.562. The van der Waals surface area contributed by atoms with Gasteiger partial charge >= 0.3 is 0 Å². The zero-order valence-corrected chi connectivity index (χ0v) is 12.3. The smallest absolute Gasteiger partial charge is 0.255 e. The van der Waals surface area contributed by atoms with Crippen LogP contribution in [0, 0.1) is 12.8 Å². The minimum absolute atomic E-state index is 0.0651. The monoisotopic (exact) mass is 276 g/mol. The first-order valence-electron chi connectivity index (χ1n) is 7.28. The lowest BCUT2D eigenvalue weighted by molar-refractivity contribution is 0.0939. The topological polar surface area (TPSA) is 64.3 Å². The summed E-state index contributed by atoms with van der Waals surface area (Å²) in [6.07, 6.45) is 4.43. The van der Waals surface area contributed by atoms with Gasteiger partial charge in [-0.05, 0) is 44.2 Å². The van der Waals surface area contributed by atoms with Gasteiger partial charge < -0.3 is 15.8 Å². The molecule has 4 nitrogen and oxygen atoms in total. The van der Waals surface area contributed by atoms with Crippen molar-refractivity contribution >= 4 is 5.91 Å². The van der Waals surface area contributed by atoms with E-state index < -0.39 is 0 Å². The number of methoxy groups -OCH3 is 1. The fourth-order valence-corrected chi connectivity index (χ4v) is 2.85. The fourth-order valence-electron chi connectivity index (χ4n) is 2.85. The highest BCUT2D eigenvalue weighted by molar-refractivity contribution is 5.97. The van der Waals surface area contributed by atoms with E-state index in [4.69, 9.17) is 10.5 Å². The second-order valence-corrected chi connectivity index (χ2v) is 5.71. The van der Waals surface area contributed by atoms with E-state index in [1.54, 1.807) is 7.11 Å². The number of nitrogens with one attached hydrogen (secondary N) is 1. The van der Waals surface area contributed by atoms with Crippen molar-refractivity contribution in [3.63, 3.8) is 0 Å². The number of ether oxygens (including phenoxy) is 1. The standard InChI is InChI=1S/C16H24N2O2/c1-11-6-7-15(20-2)14(8-11)16(19)18-10-12-4-3-5-13(17)9-12/h6-8,12-13H,3-5,9-10,17H2,1-2H3,(H,18,19). The van der Waals surface area contributed by atoms with Crippen molar-refractivity contribution in [2.75, 3.05) is 13.7 Å². The molecule has 4 heteroatoms. The van der Waals surface area contributed by atoms with Crippen LogP contribution in [0.1, 0.15) is 41.6 Å². The number of benzene rings is 1. The number of rotatable bonds is 4. The molecule has 0 bridgehead atoms. The minimum atomic E-state index is -0.0651. The number of amides is 1. The van der Waals surface area contributed by atoms with Crippen LogP contribution in [0.4, 0.5) is 0 Å². The third kappa shape index (κ3) is 3.73. The summed E-state index contributed by atoms with van der Waals surface area (Å²) >= 11 is 0. The van der Waals surface area contributed by atoms with Gasteiger partial charge in [-0.2, -0.15) is 0 Å². The molecule has 2 rings (SSSR count). The Morgan fingerprint density at radius 2 is 2.25 bits per heavy atom. The van der Waals surface area contributed by atoms with Gasteiger partial charge in [-0.25, -0.2) is 0 Å². The summed E-state index contributed by atoms with van der Waals surface area (Å²) in [5.41, 5.74) is 7.63. The average Bonchev–Trinajstić information content (AvgIpc) is 2.45. The Labute approximate surface area is 120 Å². The second kappa shape index (κ2) is 6.75. The van der Waals surface area contributed by atoms with Crippen molar-refractivity contribution in [1.82, 2.24) is 5.32 Å². The predicted octanol–water partition coefficient (Wildman–Crippen LogP) is 2.25. The largest absolute Gasteiger partial charge is 0.496 e. The van der Waals surface area contributed by atoms with Crippen LogP contribution >= 0.6 is 0 Å². The van der Waals surface area contributed by atoms with Gasteiger partial charge in [-0.3, -0.25) is 4.79 Å². The third-order valence-electron chi connectivity index (χ3n) is 3.97. The molecule has 20 heavy (non-hydrogen) atoms. The maximum atomic E-state index is 12.3. The van der Waals surface area contributed by atoms with E-state index in [1.165, 1.54) is 0 Å². The highest BCUT2D eigenvalue weighted by Crippen LogP contribution is 2.23. The first-order valence-corrected chi connectivity index (χ1v) is 7.28. The molecule has 1 aromatic rings. The van der Waals surface area contributed by atoms with E-state index in [2.05, 4.69) is 5.32 Å². The Bertz CT molecular complexity index is 474. The van der Waals surface area contributed by atoms with Crippen LogP contribution in [0.3, 0.4) is 0 Å². The zero-order chi connectivity index (χ0) is 14.5. The Morgan fingerprint density at radius 1 is 1.45 bits per heavy atom. The summed E-state index contributed by atoms with van der Waals surface area (Å²) in [5.74, 6) is 1.05. The van der Waals surface area contributed by atoms with Crippen molar-refractivity contribution in [2.45, 2.75) is 38.6 Å². The maximum Gasteiger partial charge on any atom is 0.255 e. The molecule has 2 atom stereocenters. The van der Waals surface area contributed by atoms with Gasteiger partial charge in [0.1, 0.15) is 5.75 Å². The molecule has 1 aliphatic carbocycles. The van der Waals surface area contributed by atoms with Crippen LogP contribution in [-0.2, 0) is 0 Å². The molecule has 1 amide bonds. The van der Waals surface area contributed by atoms with E-state index in [0.29, 0.717) is 29.8 Å². The van der Waals surface area contributed by atoms with Gasteiger partial charge in [0.2, 0.25) is 0 Å². The minimum Gasteiger partial charge on any atom is -0.496 e. The maximum absolute atomic E-state index is 12.3. The molecule has 0 heterocycles. The summed E-state index contributed by atoms with van der Waals surface area (Å²) in [5, 5.41) is 3.02. The molecule has 0 aliphatic heterocycles. The van der Waals surface area contributed by atoms with Crippen molar-refractivity contribution in [3.8, 4) is 5.75 Å². The summed E-state index contributed by atoms with van der Waals surface area (Å²) in [7, 11) is 1.58. The van der Waals surface area contributed by atoms with Crippen LogP contribution < -0.4 is 15.8 Å². The molecule has 0 radical (unpaired) electrons. The number of hydrogen-bond acceptors (Lipinski definition) is 3. The molecule has 3 N–H and O–H groups in total. The highest BCUT2D eigenvalue weighted by Gasteiger charge is 2.20. The first kappa shape index (κ1) is 14.9. The molecule has 1 aromatic carbocycles. The van der Waals surface area contributed by atoms with Crippen molar-refractivity contribution in [3.05, 3.63) is 29.3 Å². The van der Waals surface area contributed by atoms with Gasteiger partial charge in [-0.1, -0.05) is 18.1 Å². The van der Waals surface area contributed by atoms with Gasteiger partial charge in [0.15, 0.2) is 0 Å². The summed E-state index contributed by atoms with van der Waals surface area (Å²) < 4.78 is 5.25. The van der Waals surface area contributed by atoms with Gasteiger partial charge in [-0.15, -0.1) is 0 Å². The SMILES string of the molecule is COc1ccc(C)cc1C(=O)NCC1CCCC(N)C1. The Hall–Kier alpha value is -1.55. The number of hydrogen-bond donors (Lipinski definition) is 2. The lowest BCUT2D eigenvalue weighted by atomic mass is 9.86. The number of aryl methyl sites for hydroxylation is 1. The molecule has 2 unspecified atom stereocenters. The number of carbonyl (C=O) groups excluding carboxylic acids is 1. The van der Waals surface area contributed by atoms with E-state index in [9.17, 15) is 4.79 Å². The van der Waals surface area contributed by atoms with E-state index in [-0.39, 0.29) is 5.91 Å². The molecule has 1 fully saturated rings. The predicted molar refractivity (Wildman–Crippen MR) is 80.0 cm³/mol. The van der Waals surface area contributed by atoms with Crippen molar-refractivity contribution in [2.24, 2.45) is 11.7 Å². The average molecular weight is 276 g/mol. The highest BCUT2D eigenvalue weighted by atomic mass is 16.5. The lowest BCUT2D eigenvalue weighted by Crippen LogP contribution is -2.35. The van der Waals surface area contributed by atoms with Crippen molar-refractivity contribution < 1.29 is 9.53 Å². The summed E-state index contributed by atoms with van der Waals surface area (Å²) in [6, 6.07) is 5.93. The quantitative estimate of drug-likeness (QED) is 0.886. The van der Waals surface area contributed by atoms with Crippen LogP contribution in [0.2, 0.25) is 0 Å². The molecule has 0 spiro atoms. The molecular weight excluding hydrogens is 252 g/mol. The van der Waals surface area contributed by atoms with E-state index in [0.717, 1.165) is 31.2 Å². The van der Waals surface area contributed by atoms with Crippen LogP contribution in [-0.4, -0.2) is 25.6 Å². The Kier molecular flexibility index (Phi) is 5.01. The third-order valence-corrected chi connectivity index (χ3v) is 3.97. The molecule has 110 valence electrons. The van der Waals surface area contributed by atoms with Crippen molar-refractivity contribution in [1.29, 1.82) is 0 Å². The van der Waals surface area contributed by atoms with Crippen LogP contribution in [0.25, 0.3) is 0 Å². The lowest BCUT2D eigenvalue weighted by Gasteiger charge is -2.26. The van der Waals surface area contributed by atoms with E-state index >= 15 is 0 Å². The number of carbonyl (C=O) groups is 1. The van der Waals surface area contributed by atoms with Crippen LogP contribution in [0.5, 0.6) is 5.75 Å². The normalized spacial score (nSPS) is 22.4. The van der Waals surface area contributed by atoms with Gasteiger partial charge in [0.05, 0.1) is 12.7 Å². The Balaban J connectivity index is 1.96. The molecule has 1 saturated carbocycles. The number of nitrogens with two attached hydrogens (primary N) is 1. The molecule has 0 saturated heterocycles. The molecule has 1 aliphatic rings. The summed E-state index contributed by atoms with van der Waals surface area (Å²) in [4.78, 5) is 12.3.